The number of rotatable bonds is 21. The number of aryl methyl sites for hydroxylation is 2. The third-order valence-corrected chi connectivity index (χ3v) is 14.5. The maximum Gasteiger partial charge on any atom is 0.408 e. The van der Waals surface area contributed by atoms with Crippen molar-refractivity contribution >= 4 is 61.2 Å². The number of aliphatic hydroxyl groups excluding tert-OH is 2. The van der Waals surface area contributed by atoms with E-state index in [1.807, 2.05) is 55.0 Å². The average molecular weight is 1080 g/mol. The Bertz CT molecular complexity index is 3080. The topological polar surface area (TPSA) is 267 Å². The average Bonchev–Trinajstić information content (AvgIpc) is 3.83. The van der Waals surface area contributed by atoms with Crippen molar-refractivity contribution < 1.29 is 46.2 Å². The molecule has 4 aromatic carbocycles. The first kappa shape index (κ1) is 57.8. The van der Waals surface area contributed by atoms with Crippen molar-refractivity contribution in [1.29, 1.82) is 0 Å². The van der Waals surface area contributed by atoms with E-state index in [9.17, 15) is 41.4 Å². The van der Waals surface area contributed by atoms with E-state index < -0.39 is 56.6 Å². The molecular weight excluding hydrogens is 1020 g/mol. The number of carbonyl (C=O) groups is 3. The molecule has 2 aromatic heterocycles. The molecule has 0 unspecified atom stereocenters. The van der Waals surface area contributed by atoms with Crippen LogP contribution < -0.4 is 20.5 Å². The summed E-state index contributed by atoms with van der Waals surface area (Å²) in [6, 6.07) is 27.5. The number of alkyl carbamates (subject to hydrolysis) is 1. The quantitative estimate of drug-likeness (QED) is 0.0415. The van der Waals surface area contributed by atoms with Crippen molar-refractivity contribution in [2.24, 2.45) is 5.73 Å². The molecule has 0 aliphatic rings. The first-order valence-corrected chi connectivity index (χ1v) is 27.2. The van der Waals surface area contributed by atoms with Crippen molar-refractivity contribution in [2.75, 3.05) is 13.1 Å². The van der Waals surface area contributed by atoms with Crippen molar-refractivity contribution in [3.05, 3.63) is 142 Å². The number of nitrogens with one attached hydrogen (secondary N) is 3. The first-order chi connectivity index (χ1) is 34.6. The number of amides is 3. The van der Waals surface area contributed by atoms with Gasteiger partial charge in [-0.2, -0.15) is 0 Å². The van der Waals surface area contributed by atoms with E-state index in [1.54, 1.807) is 69.3 Å². The highest BCUT2D eigenvalue weighted by Gasteiger charge is 2.25. The number of aromatic nitrogens is 4. The Morgan fingerprint density at radius 2 is 1.04 bits per heavy atom. The highest BCUT2D eigenvalue weighted by molar-refractivity contribution is 7.90. The summed E-state index contributed by atoms with van der Waals surface area (Å²) in [6.07, 6.45) is 4.58. The summed E-state index contributed by atoms with van der Waals surface area (Å²) in [6.45, 7) is 8.67. The summed E-state index contributed by atoms with van der Waals surface area (Å²) in [5, 5.41) is 22.4. The van der Waals surface area contributed by atoms with Crippen LogP contribution in [-0.2, 0) is 73.5 Å². The van der Waals surface area contributed by atoms with E-state index >= 15 is 0 Å². The van der Waals surface area contributed by atoms with Gasteiger partial charge in [0, 0.05) is 37.1 Å². The molecule has 18 nitrogen and oxygen atoms in total. The Kier molecular flexibility index (Phi) is 20.7. The number of imidazole rings is 2. The molecule has 7 N–H and O–H groups in total. The zero-order valence-electron chi connectivity index (χ0n) is 41.3. The van der Waals surface area contributed by atoms with Crippen molar-refractivity contribution in [2.45, 2.75) is 115 Å². The number of nitrogens with zero attached hydrogens (tertiary/aromatic N) is 4. The van der Waals surface area contributed by atoms with E-state index in [2.05, 4.69) is 29.1 Å². The van der Waals surface area contributed by atoms with Crippen molar-refractivity contribution in [1.82, 2.24) is 33.9 Å². The van der Waals surface area contributed by atoms with E-state index in [0.29, 0.717) is 51.9 Å². The van der Waals surface area contributed by atoms with Crippen LogP contribution in [-0.4, -0.2) is 82.7 Å². The number of hydrogen-bond donors (Lipinski definition) is 6. The number of sulfonamides is 2. The molecule has 0 aliphatic heterocycles. The molecule has 0 atom stereocenters. The normalized spacial score (nSPS) is 11.6. The molecule has 0 fully saturated rings. The Morgan fingerprint density at radius 3 is 1.41 bits per heavy atom. The zero-order valence-corrected chi connectivity index (χ0v) is 44.5. The van der Waals surface area contributed by atoms with Gasteiger partial charge in [0.25, 0.3) is 26.0 Å². The summed E-state index contributed by atoms with van der Waals surface area (Å²) in [5.41, 5.74) is 9.62. The SMILES string of the molecule is CCCCc1nc(Cl)c(CO)n1Cc1ccc(-c2ccccc2S(=O)(=O)NC(=O)CN)cc1.CCCCc1nc(Cl)c(CO)n1Cc1ccc(-c2ccccc2S(=O)(=O)NC(=O)CNC(=O)OC(C)(C)C)cc1. The number of hydrogen-bond acceptors (Lipinski definition) is 13. The number of ether oxygens (including phenoxy) is 1. The number of benzene rings is 4. The van der Waals surface area contributed by atoms with Crippen LogP contribution in [0.4, 0.5) is 4.79 Å². The van der Waals surface area contributed by atoms with E-state index in [4.69, 9.17) is 33.7 Å². The molecule has 0 aliphatic carbocycles. The largest absolute Gasteiger partial charge is 0.444 e. The molecule has 0 saturated carbocycles. The van der Waals surface area contributed by atoms with Gasteiger partial charge in [-0.15, -0.1) is 0 Å². The van der Waals surface area contributed by atoms with Gasteiger partial charge < -0.3 is 35.1 Å². The van der Waals surface area contributed by atoms with Crippen LogP contribution in [0.1, 0.15) is 94.5 Å². The molecule has 0 bridgehead atoms. The summed E-state index contributed by atoms with van der Waals surface area (Å²) in [4.78, 5) is 44.4. The van der Waals surface area contributed by atoms with Gasteiger partial charge in [-0.05, 0) is 68.0 Å². The van der Waals surface area contributed by atoms with Crippen LogP contribution in [0, 0.1) is 0 Å². The molecule has 22 heteroatoms. The van der Waals surface area contributed by atoms with Gasteiger partial charge in [0.1, 0.15) is 23.8 Å². The van der Waals surface area contributed by atoms with E-state index in [1.165, 1.54) is 12.1 Å². The van der Waals surface area contributed by atoms with E-state index in [0.717, 1.165) is 61.3 Å². The summed E-state index contributed by atoms with van der Waals surface area (Å²) in [7, 11) is -8.31. The number of nitrogens with two attached hydrogens (primary N) is 1. The fraction of sp³-hybridized carbons (Fsp3) is 0.353. The summed E-state index contributed by atoms with van der Waals surface area (Å²) in [5.74, 6) is -0.0679. The predicted octanol–water partition coefficient (Wildman–Crippen LogP) is 7.27. The molecule has 6 aromatic rings. The van der Waals surface area contributed by atoms with Crippen LogP contribution >= 0.6 is 23.2 Å². The molecule has 3 amide bonds. The monoisotopic (exact) mass is 1080 g/mol. The minimum absolute atomic E-state index is 0.00893. The maximum absolute atomic E-state index is 13.1. The standard InChI is InChI=1S/C28H35ClN4O6S.C23H27ClN4O4S/c1-5-6-11-24-31-26(29)22(18-34)33(24)17-19-12-14-20(15-13-19)21-9-7-8-10-23(21)40(37,38)32-25(35)16-30-27(36)39-28(2,3)4;1-2-3-8-21-26-23(24)19(15-29)28(21)14-16-9-11-17(12-10-16)18-6-4-5-7-20(18)33(31,32)27-22(30)13-25/h7-10,12-15,34H,5-6,11,16-18H2,1-4H3,(H,30,36)(H,32,35);4-7,9-12,29H,2-3,8,13-15,25H2,1H3,(H,27,30). The van der Waals surface area contributed by atoms with Gasteiger partial charge in [0.2, 0.25) is 5.91 Å². The van der Waals surface area contributed by atoms with Gasteiger partial charge in [-0.3, -0.25) is 9.59 Å². The fourth-order valence-corrected chi connectivity index (χ4v) is 10.5. The molecule has 73 heavy (non-hydrogen) atoms. The van der Waals surface area contributed by atoms with Gasteiger partial charge in [0.05, 0.1) is 40.9 Å². The smallest absolute Gasteiger partial charge is 0.408 e. The lowest BCUT2D eigenvalue weighted by atomic mass is 10.0. The van der Waals surface area contributed by atoms with Gasteiger partial charge in [-0.1, -0.05) is 135 Å². The van der Waals surface area contributed by atoms with Crippen LogP contribution in [0.3, 0.4) is 0 Å². The third-order valence-electron chi connectivity index (χ3n) is 11.1. The lowest BCUT2D eigenvalue weighted by molar-refractivity contribution is -0.119. The zero-order chi connectivity index (χ0) is 53.5. The Hall–Kier alpha value is -6.13. The van der Waals surface area contributed by atoms with Gasteiger partial charge >= 0.3 is 6.09 Å². The number of unbranched alkanes of at least 4 members (excludes halogenated alkanes) is 2. The molecular formula is C51H62Cl2N8O10S2. The highest BCUT2D eigenvalue weighted by atomic mass is 35.5. The lowest BCUT2D eigenvalue weighted by Crippen LogP contribution is -2.41. The molecule has 392 valence electrons. The molecule has 6 rings (SSSR count). The Labute approximate surface area is 436 Å². The molecule has 0 radical (unpaired) electrons. The lowest BCUT2D eigenvalue weighted by Gasteiger charge is -2.19. The first-order valence-electron chi connectivity index (χ1n) is 23.5. The van der Waals surface area contributed by atoms with Gasteiger partial charge in [-0.25, -0.2) is 41.0 Å². The molecule has 2 heterocycles. The predicted molar refractivity (Wildman–Crippen MR) is 279 cm³/mol. The summed E-state index contributed by atoms with van der Waals surface area (Å²) >= 11 is 12.5. The van der Waals surface area contributed by atoms with Crippen LogP contribution in [0.2, 0.25) is 10.3 Å². The second-order valence-electron chi connectivity index (χ2n) is 17.7. The molecule has 0 saturated heterocycles. The third kappa shape index (κ3) is 15.9. The summed E-state index contributed by atoms with van der Waals surface area (Å²) < 4.78 is 64.4. The number of carbonyl (C=O) groups excluding carboxylic acids is 3. The molecule has 0 spiro atoms. The van der Waals surface area contributed by atoms with Crippen LogP contribution in [0.15, 0.2) is 107 Å². The van der Waals surface area contributed by atoms with Crippen LogP contribution in [0.5, 0.6) is 0 Å². The van der Waals surface area contributed by atoms with Crippen molar-refractivity contribution in [3.8, 4) is 22.3 Å². The Morgan fingerprint density at radius 1 is 0.644 bits per heavy atom. The van der Waals surface area contributed by atoms with Crippen molar-refractivity contribution in [3.63, 3.8) is 0 Å². The maximum atomic E-state index is 13.1. The minimum atomic E-state index is -4.25. The van der Waals surface area contributed by atoms with Gasteiger partial charge in [0.15, 0.2) is 10.3 Å². The number of aliphatic hydroxyl groups is 2. The Balaban J connectivity index is 0.000000276. The van der Waals surface area contributed by atoms with Crippen LogP contribution in [0.25, 0.3) is 22.3 Å². The number of halogens is 2. The second kappa shape index (κ2) is 26.2. The highest BCUT2D eigenvalue weighted by Crippen LogP contribution is 2.30. The second-order valence-corrected chi connectivity index (χ2v) is 21.7. The minimum Gasteiger partial charge on any atom is -0.444 e. The van der Waals surface area contributed by atoms with E-state index in [-0.39, 0.29) is 28.2 Å². The fourth-order valence-electron chi connectivity index (χ4n) is 7.51.